The predicted molar refractivity (Wildman–Crippen MR) is 153 cm³/mol. The van der Waals surface area contributed by atoms with Crippen molar-refractivity contribution in [2.75, 3.05) is 13.2 Å². The number of carboxylic acids is 1. The number of carboxylic acid groups (broad SMARTS) is 1. The molecule has 3 N–H and O–H groups in total. The van der Waals surface area contributed by atoms with Crippen LogP contribution in [0.3, 0.4) is 0 Å². The van der Waals surface area contributed by atoms with Gasteiger partial charge in [-0.15, -0.1) is 0 Å². The fraction of sp³-hybridized carbons (Fsp3) is 0.424. The molecule has 3 atom stereocenters. The zero-order valence-electron chi connectivity index (χ0n) is 24.4. The highest BCUT2D eigenvalue weighted by atomic mass is 19.4. The van der Waals surface area contributed by atoms with Crippen molar-refractivity contribution in [3.8, 4) is 28.4 Å². The highest BCUT2D eigenvalue weighted by Crippen LogP contribution is 2.48. The van der Waals surface area contributed by atoms with Gasteiger partial charge in [0.15, 0.2) is 0 Å². The topological polar surface area (TPSA) is 105 Å². The first-order valence-corrected chi connectivity index (χ1v) is 14.2. The number of ether oxygens (including phenoxy) is 3. The Morgan fingerprint density at radius 1 is 1.02 bits per heavy atom. The minimum Gasteiger partial charge on any atom is -0.492 e. The van der Waals surface area contributed by atoms with E-state index in [-0.39, 0.29) is 31.1 Å². The smallest absolute Gasteiger partial charge is 0.417 e. The summed E-state index contributed by atoms with van der Waals surface area (Å²) in [5.74, 6) is 0.283. The Morgan fingerprint density at radius 2 is 1.70 bits per heavy atom. The molecule has 0 saturated carbocycles. The molecule has 0 spiro atoms. The van der Waals surface area contributed by atoms with Crippen LogP contribution in [-0.4, -0.2) is 46.2 Å². The van der Waals surface area contributed by atoms with Gasteiger partial charge in [0.25, 0.3) is 0 Å². The summed E-state index contributed by atoms with van der Waals surface area (Å²) in [5, 5.41) is 29.3. The third kappa shape index (κ3) is 6.31. The first-order chi connectivity index (χ1) is 20.1. The van der Waals surface area contributed by atoms with Gasteiger partial charge in [-0.1, -0.05) is 12.1 Å². The zero-order valence-corrected chi connectivity index (χ0v) is 24.4. The fourth-order valence-corrected chi connectivity index (χ4v) is 5.96. The predicted octanol–water partition coefficient (Wildman–Crippen LogP) is 6.52. The van der Waals surface area contributed by atoms with Crippen LogP contribution in [0.25, 0.3) is 11.1 Å². The molecule has 1 heterocycles. The standard InChI is InChI=1S/C33H35F3O7/c1-17-11-21(41-16-28(37)32(3,4)40)12-18(2)30(17)31-24-8-10-26(23(24)7-9-25(31)33(34,35)36)43-20-5-6-22-19(13-29(38)39)15-42-27(22)14-20/h5-7,9,11-12,14,19,26,28,37,40H,8,10,13,15-16H2,1-4H3,(H,38,39)/t19-,26-,28?/m1/s1. The lowest BCUT2D eigenvalue weighted by molar-refractivity contribution is -0.138. The van der Waals surface area contributed by atoms with Gasteiger partial charge in [-0.2, -0.15) is 13.2 Å². The Morgan fingerprint density at radius 3 is 2.33 bits per heavy atom. The van der Waals surface area contributed by atoms with Crippen molar-refractivity contribution in [2.24, 2.45) is 0 Å². The average molecular weight is 601 g/mol. The van der Waals surface area contributed by atoms with Crippen molar-refractivity contribution in [1.82, 2.24) is 0 Å². The van der Waals surface area contributed by atoms with Crippen LogP contribution in [-0.2, 0) is 17.4 Å². The second-order valence-electron chi connectivity index (χ2n) is 11.9. The van der Waals surface area contributed by atoms with Crippen LogP contribution in [0.15, 0.2) is 42.5 Å². The van der Waals surface area contributed by atoms with Crippen molar-refractivity contribution < 1.29 is 47.5 Å². The van der Waals surface area contributed by atoms with Gasteiger partial charge in [0.1, 0.15) is 36.1 Å². The molecular weight excluding hydrogens is 565 g/mol. The lowest BCUT2D eigenvalue weighted by Gasteiger charge is -2.25. The van der Waals surface area contributed by atoms with E-state index in [0.717, 1.165) is 11.6 Å². The Hall–Kier alpha value is -3.76. The molecule has 7 nitrogen and oxygen atoms in total. The summed E-state index contributed by atoms with van der Waals surface area (Å²) >= 11 is 0. The normalized spacial score (nSPS) is 18.5. The first kappa shape index (κ1) is 30.7. The average Bonchev–Trinajstić information content (AvgIpc) is 3.49. The molecule has 43 heavy (non-hydrogen) atoms. The summed E-state index contributed by atoms with van der Waals surface area (Å²) < 4.78 is 60.8. The Kier molecular flexibility index (Phi) is 8.13. The molecule has 1 aliphatic carbocycles. The fourth-order valence-electron chi connectivity index (χ4n) is 5.96. The summed E-state index contributed by atoms with van der Waals surface area (Å²) in [7, 11) is 0. The number of benzene rings is 3. The van der Waals surface area contributed by atoms with Gasteiger partial charge in [0, 0.05) is 17.5 Å². The molecule has 230 valence electrons. The van der Waals surface area contributed by atoms with Gasteiger partial charge < -0.3 is 29.5 Å². The number of fused-ring (bicyclic) bond motifs is 2. The van der Waals surface area contributed by atoms with E-state index < -0.39 is 35.5 Å². The summed E-state index contributed by atoms with van der Waals surface area (Å²) in [4.78, 5) is 11.2. The molecule has 0 bridgehead atoms. The molecule has 3 aromatic rings. The van der Waals surface area contributed by atoms with E-state index in [4.69, 9.17) is 19.3 Å². The van der Waals surface area contributed by atoms with Crippen molar-refractivity contribution >= 4 is 5.97 Å². The van der Waals surface area contributed by atoms with Crippen molar-refractivity contribution in [3.05, 3.63) is 75.8 Å². The van der Waals surface area contributed by atoms with E-state index in [1.54, 1.807) is 44.2 Å². The van der Waals surface area contributed by atoms with Gasteiger partial charge in [0.05, 0.1) is 24.2 Å². The molecule has 0 aromatic heterocycles. The van der Waals surface area contributed by atoms with E-state index in [1.807, 2.05) is 0 Å². The largest absolute Gasteiger partial charge is 0.492 e. The minimum atomic E-state index is -4.59. The van der Waals surface area contributed by atoms with E-state index in [2.05, 4.69) is 0 Å². The molecule has 0 radical (unpaired) electrons. The summed E-state index contributed by atoms with van der Waals surface area (Å²) in [6, 6.07) is 11.1. The summed E-state index contributed by atoms with van der Waals surface area (Å²) in [5.41, 5.74) is 1.73. The molecule has 0 saturated heterocycles. The van der Waals surface area contributed by atoms with E-state index in [9.17, 15) is 28.2 Å². The highest BCUT2D eigenvalue weighted by molar-refractivity contribution is 5.80. The van der Waals surface area contributed by atoms with Crippen LogP contribution < -0.4 is 14.2 Å². The van der Waals surface area contributed by atoms with Gasteiger partial charge in [-0.05, 0) is 98.2 Å². The molecule has 0 fully saturated rings. The number of halogens is 3. The third-order valence-electron chi connectivity index (χ3n) is 8.20. The maximum absolute atomic E-state index is 14.4. The Balaban J connectivity index is 1.47. The number of carbonyl (C=O) groups is 1. The van der Waals surface area contributed by atoms with Crippen LogP contribution in [0.1, 0.15) is 72.1 Å². The Bertz CT molecular complexity index is 1520. The van der Waals surface area contributed by atoms with E-state index in [1.165, 1.54) is 19.9 Å². The maximum atomic E-state index is 14.4. The molecule has 0 amide bonds. The summed E-state index contributed by atoms with van der Waals surface area (Å²) in [6.45, 7) is 6.47. The first-order valence-electron chi connectivity index (χ1n) is 14.2. The van der Waals surface area contributed by atoms with Gasteiger partial charge >= 0.3 is 12.1 Å². The molecule has 2 aliphatic rings. The number of aryl methyl sites for hydroxylation is 2. The summed E-state index contributed by atoms with van der Waals surface area (Å²) in [6.07, 6.45) is -5.38. The van der Waals surface area contributed by atoms with Crippen molar-refractivity contribution in [3.63, 3.8) is 0 Å². The monoisotopic (exact) mass is 600 g/mol. The van der Waals surface area contributed by atoms with Crippen molar-refractivity contribution in [1.29, 1.82) is 0 Å². The maximum Gasteiger partial charge on any atom is 0.417 e. The molecule has 1 unspecified atom stereocenters. The minimum absolute atomic E-state index is 0.0394. The van der Waals surface area contributed by atoms with Gasteiger partial charge in [-0.25, -0.2) is 0 Å². The second-order valence-corrected chi connectivity index (χ2v) is 11.9. The second kappa shape index (κ2) is 11.4. The van der Waals surface area contributed by atoms with Gasteiger partial charge in [-0.3, -0.25) is 4.79 Å². The number of aliphatic carboxylic acids is 1. The lowest BCUT2D eigenvalue weighted by atomic mass is 9.86. The van der Waals surface area contributed by atoms with Crippen LogP contribution in [0, 0.1) is 13.8 Å². The highest BCUT2D eigenvalue weighted by Gasteiger charge is 2.39. The molecular formula is C33H35F3O7. The van der Waals surface area contributed by atoms with Crippen molar-refractivity contribution in [2.45, 2.75) is 76.9 Å². The van der Waals surface area contributed by atoms with E-state index in [0.29, 0.717) is 57.9 Å². The van der Waals surface area contributed by atoms with Gasteiger partial charge in [0.2, 0.25) is 0 Å². The van der Waals surface area contributed by atoms with Crippen LogP contribution in [0.4, 0.5) is 13.2 Å². The molecule has 3 aromatic carbocycles. The lowest BCUT2D eigenvalue weighted by Crippen LogP contribution is -2.40. The van der Waals surface area contributed by atoms with Crippen LogP contribution >= 0.6 is 0 Å². The number of alkyl halides is 3. The third-order valence-corrected chi connectivity index (χ3v) is 8.20. The number of aliphatic hydroxyl groups is 2. The SMILES string of the molecule is Cc1cc(OCC(O)C(C)(C)O)cc(C)c1-c1c(C(F)(F)F)ccc2c1CC[C@H]2Oc1ccc2c(c1)OC[C@H]2CC(=O)O. The van der Waals surface area contributed by atoms with Crippen LogP contribution in [0.2, 0.25) is 0 Å². The molecule has 1 aliphatic heterocycles. The molecule has 10 heteroatoms. The number of rotatable bonds is 9. The van der Waals surface area contributed by atoms with Crippen LogP contribution in [0.5, 0.6) is 17.2 Å². The molecule has 5 rings (SSSR count). The number of hydrogen-bond donors (Lipinski definition) is 3. The number of hydrogen-bond acceptors (Lipinski definition) is 6. The quantitative estimate of drug-likeness (QED) is 0.257. The Labute approximate surface area is 247 Å². The number of aliphatic hydroxyl groups excluding tert-OH is 1. The zero-order chi connectivity index (χ0) is 31.3. The van der Waals surface area contributed by atoms with E-state index >= 15 is 0 Å².